The van der Waals surface area contributed by atoms with Crippen LogP contribution in [0.3, 0.4) is 0 Å². The van der Waals surface area contributed by atoms with E-state index < -0.39 is 0 Å². The summed E-state index contributed by atoms with van der Waals surface area (Å²) >= 11 is 0.988. The molecule has 0 saturated carbocycles. The van der Waals surface area contributed by atoms with Crippen LogP contribution in [0.15, 0.2) is 0 Å². The topological polar surface area (TPSA) is 88.3 Å². The van der Waals surface area contributed by atoms with Gasteiger partial charge in [0.15, 0.2) is 5.69 Å². The molecule has 2 heterocycles. The molecule has 1 aromatic rings. The van der Waals surface area contributed by atoms with Gasteiger partial charge in [0, 0.05) is 20.1 Å². The number of nitrogens with two attached hydrogens (primary N) is 1. The highest BCUT2D eigenvalue weighted by Crippen LogP contribution is 2.24. The quantitative estimate of drug-likeness (QED) is 0.795. The fourth-order valence-electron chi connectivity index (χ4n) is 1.80. The number of nitrogens with one attached hydrogen (secondary N) is 1. The molecule has 0 bridgehead atoms. The van der Waals surface area contributed by atoms with Crippen molar-refractivity contribution >= 4 is 29.0 Å². The smallest absolute Gasteiger partial charge is 0.272 e. The van der Waals surface area contributed by atoms with Gasteiger partial charge < -0.3 is 16.0 Å². The van der Waals surface area contributed by atoms with Crippen LogP contribution in [0.2, 0.25) is 0 Å². The van der Waals surface area contributed by atoms with E-state index in [2.05, 4.69) is 9.69 Å². The first kappa shape index (κ1) is 11.8. The second-order valence-corrected chi connectivity index (χ2v) is 4.63. The molecule has 17 heavy (non-hydrogen) atoms. The van der Waals surface area contributed by atoms with Gasteiger partial charge in [-0.2, -0.15) is 4.37 Å². The van der Waals surface area contributed by atoms with Crippen molar-refractivity contribution in [2.75, 3.05) is 25.9 Å². The number of hydrogen-bond acceptors (Lipinski definition) is 5. The fraction of sp³-hybridized carbons (Fsp3) is 0.500. The lowest BCUT2D eigenvalue weighted by Gasteiger charge is -2.13. The van der Waals surface area contributed by atoms with Crippen LogP contribution >= 0.6 is 11.5 Å². The first-order valence-electron chi connectivity index (χ1n) is 5.41. The molecule has 2 rings (SSSR count). The summed E-state index contributed by atoms with van der Waals surface area (Å²) in [6.45, 7) is 1.51. The Balaban J connectivity index is 2.24. The van der Waals surface area contributed by atoms with Gasteiger partial charge in [0.25, 0.3) is 11.8 Å². The summed E-state index contributed by atoms with van der Waals surface area (Å²) in [6.07, 6.45) is 2.04. The summed E-state index contributed by atoms with van der Waals surface area (Å²) in [4.78, 5) is 25.6. The van der Waals surface area contributed by atoms with E-state index in [1.165, 1.54) is 7.05 Å². The van der Waals surface area contributed by atoms with Crippen molar-refractivity contribution in [2.45, 2.75) is 12.8 Å². The van der Waals surface area contributed by atoms with Gasteiger partial charge in [-0.15, -0.1) is 0 Å². The number of anilines is 1. The lowest BCUT2D eigenvalue weighted by atomic mass is 10.3. The largest absolute Gasteiger partial charge is 0.395 e. The van der Waals surface area contributed by atoms with Crippen LogP contribution in [0.5, 0.6) is 0 Å². The molecule has 0 aromatic carbocycles. The number of nitrogen functional groups attached to an aromatic ring is 1. The van der Waals surface area contributed by atoms with Crippen molar-refractivity contribution in [3.05, 3.63) is 10.6 Å². The van der Waals surface area contributed by atoms with Gasteiger partial charge in [-0.1, -0.05) is 0 Å². The zero-order valence-electron chi connectivity index (χ0n) is 9.52. The van der Waals surface area contributed by atoms with E-state index in [1.54, 1.807) is 4.90 Å². The average molecular weight is 254 g/mol. The van der Waals surface area contributed by atoms with Crippen LogP contribution in [-0.2, 0) is 0 Å². The standard InChI is InChI=1S/C10H14N4O2S/c1-12-9(15)7-6(11)8(17-13-7)10(16)14-4-2-3-5-14/h2-5,11H2,1H3,(H,12,15). The minimum Gasteiger partial charge on any atom is -0.395 e. The Kier molecular flexibility index (Phi) is 3.28. The Morgan fingerprint density at radius 1 is 1.41 bits per heavy atom. The third kappa shape index (κ3) is 2.10. The van der Waals surface area contributed by atoms with Gasteiger partial charge >= 0.3 is 0 Å². The van der Waals surface area contributed by atoms with Crippen LogP contribution < -0.4 is 11.1 Å². The molecule has 1 aliphatic heterocycles. The summed E-state index contributed by atoms with van der Waals surface area (Å²) in [7, 11) is 1.50. The molecule has 1 aromatic heterocycles. The highest BCUT2D eigenvalue weighted by molar-refractivity contribution is 7.09. The third-order valence-electron chi connectivity index (χ3n) is 2.76. The molecule has 0 unspecified atom stereocenters. The van der Waals surface area contributed by atoms with Crippen LogP contribution in [0.1, 0.15) is 33.0 Å². The van der Waals surface area contributed by atoms with Crippen molar-refractivity contribution in [3.8, 4) is 0 Å². The second-order valence-electron chi connectivity index (χ2n) is 3.85. The van der Waals surface area contributed by atoms with Crippen LogP contribution in [0.4, 0.5) is 5.69 Å². The van der Waals surface area contributed by atoms with Gasteiger partial charge in [0.1, 0.15) is 4.88 Å². The van der Waals surface area contributed by atoms with E-state index >= 15 is 0 Å². The number of rotatable bonds is 2. The molecule has 0 aliphatic carbocycles. The van der Waals surface area contributed by atoms with Crippen LogP contribution in [0, 0.1) is 0 Å². The summed E-state index contributed by atoms with van der Waals surface area (Å²) in [5, 5.41) is 2.44. The predicted molar refractivity (Wildman–Crippen MR) is 65.1 cm³/mol. The molecule has 1 aliphatic rings. The number of aromatic nitrogens is 1. The van der Waals surface area contributed by atoms with E-state index in [0.717, 1.165) is 37.5 Å². The Morgan fingerprint density at radius 2 is 2.06 bits per heavy atom. The first-order valence-corrected chi connectivity index (χ1v) is 6.19. The first-order chi connectivity index (χ1) is 8.15. The van der Waals surface area contributed by atoms with E-state index in [-0.39, 0.29) is 23.2 Å². The SMILES string of the molecule is CNC(=O)c1nsc(C(=O)N2CCCC2)c1N. The third-order valence-corrected chi connectivity index (χ3v) is 3.61. The lowest BCUT2D eigenvalue weighted by Crippen LogP contribution is -2.27. The highest BCUT2D eigenvalue weighted by atomic mass is 32.1. The molecule has 92 valence electrons. The molecule has 7 heteroatoms. The normalized spacial score (nSPS) is 15.0. The highest BCUT2D eigenvalue weighted by Gasteiger charge is 2.26. The van der Waals surface area contributed by atoms with Crippen molar-refractivity contribution < 1.29 is 9.59 Å². The molecule has 6 nitrogen and oxygen atoms in total. The molecule has 0 atom stereocenters. The van der Waals surface area contributed by atoms with Crippen molar-refractivity contribution in [2.24, 2.45) is 0 Å². The molecular formula is C10H14N4O2S. The zero-order chi connectivity index (χ0) is 12.4. The van der Waals surface area contributed by atoms with Gasteiger partial charge in [-0.05, 0) is 24.4 Å². The summed E-state index contributed by atoms with van der Waals surface area (Å²) in [5.74, 6) is -0.480. The maximum absolute atomic E-state index is 12.1. The van der Waals surface area contributed by atoms with E-state index in [4.69, 9.17) is 5.73 Å². The Hall–Kier alpha value is -1.63. The van der Waals surface area contributed by atoms with Gasteiger partial charge in [0.2, 0.25) is 0 Å². The Labute approximate surface area is 103 Å². The van der Waals surface area contributed by atoms with E-state index in [0.29, 0.717) is 4.88 Å². The minimum absolute atomic E-state index is 0.118. The number of hydrogen-bond donors (Lipinski definition) is 2. The molecular weight excluding hydrogens is 240 g/mol. The van der Waals surface area contributed by atoms with Gasteiger partial charge in [-0.3, -0.25) is 9.59 Å². The fourth-order valence-corrected chi connectivity index (χ4v) is 2.56. The maximum atomic E-state index is 12.1. The summed E-state index contributed by atoms with van der Waals surface area (Å²) < 4.78 is 3.94. The number of carbonyl (C=O) groups excluding carboxylic acids is 2. The number of carbonyl (C=O) groups is 2. The van der Waals surface area contributed by atoms with Crippen molar-refractivity contribution in [1.29, 1.82) is 0 Å². The number of likely N-dealkylation sites (tertiary alicyclic amines) is 1. The average Bonchev–Trinajstić information content (AvgIpc) is 2.96. The molecule has 2 amide bonds. The Morgan fingerprint density at radius 3 is 2.65 bits per heavy atom. The zero-order valence-corrected chi connectivity index (χ0v) is 10.3. The summed E-state index contributed by atoms with van der Waals surface area (Å²) in [5.41, 5.74) is 6.11. The lowest BCUT2D eigenvalue weighted by molar-refractivity contribution is 0.0798. The maximum Gasteiger partial charge on any atom is 0.272 e. The second kappa shape index (κ2) is 4.70. The van der Waals surface area contributed by atoms with Gasteiger partial charge in [-0.25, -0.2) is 0 Å². The number of amides is 2. The monoisotopic (exact) mass is 254 g/mol. The predicted octanol–water partition coefficient (Wildman–Crippen LogP) is 0.321. The van der Waals surface area contributed by atoms with Gasteiger partial charge in [0.05, 0.1) is 5.69 Å². The summed E-state index contributed by atoms with van der Waals surface area (Å²) in [6, 6.07) is 0. The van der Waals surface area contributed by atoms with E-state index in [9.17, 15) is 9.59 Å². The van der Waals surface area contributed by atoms with Crippen LogP contribution in [-0.4, -0.2) is 41.2 Å². The molecule has 1 fully saturated rings. The minimum atomic E-state index is -0.362. The molecule has 0 spiro atoms. The molecule has 0 radical (unpaired) electrons. The molecule has 3 N–H and O–H groups in total. The van der Waals surface area contributed by atoms with Crippen LogP contribution in [0.25, 0.3) is 0 Å². The molecule has 1 saturated heterocycles. The number of nitrogens with zero attached hydrogens (tertiary/aromatic N) is 2. The van der Waals surface area contributed by atoms with E-state index in [1.807, 2.05) is 0 Å². The Bertz CT molecular complexity index is 451. The van der Waals surface area contributed by atoms with Crippen molar-refractivity contribution in [1.82, 2.24) is 14.6 Å². The van der Waals surface area contributed by atoms with Crippen molar-refractivity contribution in [3.63, 3.8) is 0 Å².